The number of nitrogens with two attached hydrogens (primary N) is 1. The Labute approximate surface area is 148 Å². The quantitative estimate of drug-likeness (QED) is 0.729. The van der Waals surface area contributed by atoms with Gasteiger partial charge in [-0.15, -0.1) is 5.10 Å². The highest BCUT2D eigenvalue weighted by Gasteiger charge is 2.34. The van der Waals surface area contributed by atoms with E-state index in [0.29, 0.717) is 22.8 Å². The highest BCUT2D eigenvalue weighted by Crippen LogP contribution is 2.44. The molecule has 0 saturated heterocycles. The number of H-pyrrole nitrogens is 1. The van der Waals surface area contributed by atoms with Crippen molar-refractivity contribution in [1.29, 1.82) is 5.26 Å². The number of aromatic nitrogens is 2. The molecule has 1 aliphatic heterocycles. The number of aryl methyl sites for hydroxylation is 1. The molecule has 9 nitrogen and oxygen atoms in total. The molecular formula is C17H16N4O5. The molecule has 0 radical (unpaired) electrons. The number of benzene rings is 1. The molecular weight excluding hydrogens is 340 g/mol. The van der Waals surface area contributed by atoms with Gasteiger partial charge in [-0.3, -0.25) is 5.10 Å². The van der Waals surface area contributed by atoms with Crippen LogP contribution in [0.1, 0.15) is 22.7 Å². The number of methoxy groups -OCH3 is 1. The molecule has 1 aromatic carbocycles. The van der Waals surface area contributed by atoms with E-state index in [0.717, 1.165) is 5.69 Å². The standard InChI is InChI=1S/C17H16N4O5/c1-8-14-15(10(6-18)16(19)26-17(14)21-20-8)9-3-4-11(12(5-9)24-2)25-7-13(22)23/h3-5,15H,7,19H2,1-2H3,(H,20,21)(H,22,23). The van der Waals surface area contributed by atoms with E-state index in [1.165, 1.54) is 7.11 Å². The van der Waals surface area contributed by atoms with Crippen LogP contribution in [0, 0.1) is 18.3 Å². The number of nitrogens with zero attached hydrogens (tertiary/aromatic N) is 2. The van der Waals surface area contributed by atoms with Crippen molar-refractivity contribution in [3.05, 3.63) is 46.5 Å². The first-order chi connectivity index (χ1) is 12.5. The maximum Gasteiger partial charge on any atom is 0.341 e. The number of aromatic amines is 1. The predicted octanol–water partition coefficient (Wildman–Crippen LogP) is 1.41. The number of aliphatic carboxylic acids is 1. The highest BCUT2D eigenvalue weighted by molar-refractivity contribution is 5.68. The first-order valence-electron chi connectivity index (χ1n) is 7.61. The molecule has 0 aliphatic carbocycles. The van der Waals surface area contributed by atoms with Gasteiger partial charge in [0, 0.05) is 11.3 Å². The molecule has 2 aromatic rings. The van der Waals surface area contributed by atoms with E-state index in [1.807, 2.05) is 6.92 Å². The largest absolute Gasteiger partial charge is 0.493 e. The fourth-order valence-corrected chi connectivity index (χ4v) is 2.85. The summed E-state index contributed by atoms with van der Waals surface area (Å²) in [7, 11) is 1.45. The van der Waals surface area contributed by atoms with E-state index in [2.05, 4.69) is 16.3 Å². The Hall–Kier alpha value is -3.67. The number of hydrogen-bond acceptors (Lipinski definition) is 7. The Balaban J connectivity index is 2.08. The number of carboxylic acids is 1. The normalized spacial score (nSPS) is 15.7. The van der Waals surface area contributed by atoms with Crippen LogP contribution in [-0.4, -0.2) is 35.0 Å². The molecule has 0 saturated carbocycles. The van der Waals surface area contributed by atoms with Crippen molar-refractivity contribution in [3.63, 3.8) is 0 Å². The average Bonchev–Trinajstić information content (AvgIpc) is 2.99. The number of hydrogen-bond donors (Lipinski definition) is 3. The lowest BCUT2D eigenvalue weighted by Gasteiger charge is -2.24. The fraction of sp³-hybridized carbons (Fsp3) is 0.235. The third-order valence-corrected chi connectivity index (χ3v) is 4.00. The van der Waals surface area contributed by atoms with Gasteiger partial charge in [-0.1, -0.05) is 6.07 Å². The van der Waals surface area contributed by atoms with Crippen LogP contribution < -0.4 is 19.9 Å². The van der Waals surface area contributed by atoms with Crippen LogP contribution in [0.15, 0.2) is 29.7 Å². The van der Waals surface area contributed by atoms with E-state index >= 15 is 0 Å². The number of nitrogens with one attached hydrogen (secondary N) is 1. The number of allylic oxidation sites excluding steroid dienone is 1. The lowest BCUT2D eigenvalue weighted by atomic mass is 9.84. The Kier molecular flexibility index (Phi) is 4.41. The summed E-state index contributed by atoms with van der Waals surface area (Å²) in [4.78, 5) is 10.7. The number of carboxylic acid groups (broad SMARTS) is 1. The number of fused-ring (bicyclic) bond motifs is 1. The van der Waals surface area contributed by atoms with Crippen LogP contribution in [0.3, 0.4) is 0 Å². The Morgan fingerprint density at radius 2 is 2.27 bits per heavy atom. The van der Waals surface area contributed by atoms with E-state index in [-0.39, 0.29) is 17.2 Å². The molecule has 134 valence electrons. The molecule has 9 heteroatoms. The zero-order valence-electron chi connectivity index (χ0n) is 14.1. The summed E-state index contributed by atoms with van der Waals surface area (Å²) in [5, 5.41) is 25.2. The van der Waals surface area contributed by atoms with Crippen molar-refractivity contribution >= 4 is 5.97 Å². The Morgan fingerprint density at radius 1 is 1.50 bits per heavy atom. The lowest BCUT2D eigenvalue weighted by molar-refractivity contribution is -0.139. The van der Waals surface area contributed by atoms with Gasteiger partial charge in [-0.05, 0) is 24.6 Å². The monoisotopic (exact) mass is 356 g/mol. The maximum absolute atomic E-state index is 10.7. The Bertz CT molecular complexity index is 941. The van der Waals surface area contributed by atoms with Gasteiger partial charge in [0.1, 0.15) is 11.6 Å². The third kappa shape index (κ3) is 2.88. The van der Waals surface area contributed by atoms with Crippen LogP contribution in [0.2, 0.25) is 0 Å². The summed E-state index contributed by atoms with van der Waals surface area (Å²) in [6.45, 7) is 1.33. The van der Waals surface area contributed by atoms with Gasteiger partial charge in [0.15, 0.2) is 18.1 Å². The zero-order chi connectivity index (χ0) is 18.8. The first kappa shape index (κ1) is 17.2. The molecule has 1 aromatic heterocycles. The van der Waals surface area contributed by atoms with Crippen LogP contribution in [-0.2, 0) is 4.79 Å². The van der Waals surface area contributed by atoms with E-state index in [4.69, 9.17) is 25.1 Å². The minimum Gasteiger partial charge on any atom is -0.493 e. The van der Waals surface area contributed by atoms with Gasteiger partial charge < -0.3 is 25.1 Å². The summed E-state index contributed by atoms with van der Waals surface area (Å²) >= 11 is 0. The van der Waals surface area contributed by atoms with Crippen molar-refractivity contribution in [1.82, 2.24) is 10.2 Å². The summed E-state index contributed by atoms with van der Waals surface area (Å²) < 4.78 is 15.9. The van der Waals surface area contributed by atoms with Gasteiger partial charge in [0.25, 0.3) is 0 Å². The van der Waals surface area contributed by atoms with E-state index in [1.54, 1.807) is 18.2 Å². The molecule has 3 rings (SSSR count). The SMILES string of the molecule is COc1cc(C2C(C#N)=C(N)Oc3n[nH]c(C)c32)ccc1OCC(=O)O. The lowest BCUT2D eigenvalue weighted by Crippen LogP contribution is -2.21. The van der Waals surface area contributed by atoms with E-state index < -0.39 is 18.5 Å². The predicted molar refractivity (Wildman–Crippen MR) is 88.7 cm³/mol. The number of nitriles is 1. The minimum atomic E-state index is -1.10. The molecule has 2 heterocycles. The second-order valence-corrected chi connectivity index (χ2v) is 5.58. The second kappa shape index (κ2) is 6.68. The van der Waals surface area contributed by atoms with Crippen LogP contribution in [0.5, 0.6) is 17.4 Å². The van der Waals surface area contributed by atoms with Crippen molar-refractivity contribution in [2.24, 2.45) is 5.73 Å². The molecule has 1 unspecified atom stereocenters. The van der Waals surface area contributed by atoms with Gasteiger partial charge in [-0.25, -0.2) is 4.79 Å². The van der Waals surface area contributed by atoms with Gasteiger partial charge in [-0.2, -0.15) is 5.26 Å². The van der Waals surface area contributed by atoms with Crippen molar-refractivity contribution in [3.8, 4) is 23.4 Å². The van der Waals surface area contributed by atoms with Gasteiger partial charge >= 0.3 is 5.97 Å². The van der Waals surface area contributed by atoms with E-state index in [9.17, 15) is 10.1 Å². The molecule has 1 atom stereocenters. The maximum atomic E-state index is 10.7. The summed E-state index contributed by atoms with van der Waals surface area (Å²) in [5.41, 5.74) is 8.29. The van der Waals surface area contributed by atoms with Crippen molar-refractivity contribution in [2.45, 2.75) is 12.8 Å². The molecule has 0 fully saturated rings. The third-order valence-electron chi connectivity index (χ3n) is 4.00. The number of ether oxygens (including phenoxy) is 3. The van der Waals surface area contributed by atoms with Crippen LogP contribution >= 0.6 is 0 Å². The molecule has 0 bridgehead atoms. The molecule has 4 N–H and O–H groups in total. The second-order valence-electron chi connectivity index (χ2n) is 5.58. The smallest absolute Gasteiger partial charge is 0.341 e. The minimum absolute atomic E-state index is 0.0123. The van der Waals surface area contributed by atoms with Crippen LogP contribution in [0.25, 0.3) is 0 Å². The highest BCUT2D eigenvalue weighted by atomic mass is 16.5. The summed E-state index contributed by atoms with van der Waals surface area (Å²) in [6, 6.07) is 7.07. The fourth-order valence-electron chi connectivity index (χ4n) is 2.85. The number of carbonyl (C=O) groups is 1. The topological polar surface area (TPSA) is 143 Å². The molecule has 1 aliphatic rings. The molecule has 0 amide bonds. The average molecular weight is 356 g/mol. The first-order valence-corrected chi connectivity index (χ1v) is 7.61. The Morgan fingerprint density at radius 3 is 2.92 bits per heavy atom. The van der Waals surface area contributed by atoms with Crippen molar-refractivity contribution in [2.75, 3.05) is 13.7 Å². The van der Waals surface area contributed by atoms with Crippen LogP contribution in [0.4, 0.5) is 0 Å². The van der Waals surface area contributed by atoms with Crippen molar-refractivity contribution < 1.29 is 24.1 Å². The van der Waals surface area contributed by atoms with Gasteiger partial charge in [0.05, 0.1) is 13.0 Å². The molecule has 26 heavy (non-hydrogen) atoms. The number of rotatable bonds is 5. The van der Waals surface area contributed by atoms with Gasteiger partial charge in [0.2, 0.25) is 11.8 Å². The zero-order valence-corrected chi connectivity index (χ0v) is 14.1. The summed E-state index contributed by atoms with van der Waals surface area (Å²) in [5.74, 6) is -0.665. The summed E-state index contributed by atoms with van der Waals surface area (Å²) in [6.07, 6.45) is 0. The molecule has 0 spiro atoms.